The van der Waals surface area contributed by atoms with Crippen LogP contribution < -0.4 is 10.1 Å². The van der Waals surface area contributed by atoms with E-state index in [1.807, 2.05) is 16.7 Å². The maximum absolute atomic E-state index is 13.0. The van der Waals surface area contributed by atoms with E-state index in [2.05, 4.69) is 10.3 Å². The molecule has 0 spiro atoms. The number of carbonyl (C=O) groups excluding carboxylic acids is 1. The molecule has 8 heteroatoms. The minimum atomic E-state index is -2.74. The van der Waals surface area contributed by atoms with Gasteiger partial charge in [-0.3, -0.25) is 4.79 Å². The van der Waals surface area contributed by atoms with Crippen LogP contribution in [-0.2, 0) is 0 Å². The molecule has 2 saturated carbocycles. The molecular formula is C24H26F2N4O2. The Balaban J connectivity index is 1.44. The Morgan fingerprint density at radius 1 is 1.12 bits per heavy atom. The Morgan fingerprint density at radius 3 is 2.69 bits per heavy atom. The highest BCUT2D eigenvalue weighted by Crippen LogP contribution is 2.35. The summed E-state index contributed by atoms with van der Waals surface area (Å²) in [6.45, 7) is 0.578. The van der Waals surface area contributed by atoms with Crippen molar-refractivity contribution in [2.75, 3.05) is 11.9 Å². The number of nitrogens with one attached hydrogen (secondary N) is 1. The number of hydrogen-bond acceptors (Lipinski definition) is 4. The zero-order chi connectivity index (χ0) is 22.1. The molecule has 3 heterocycles. The second-order valence-electron chi connectivity index (χ2n) is 8.77. The Kier molecular flexibility index (Phi) is 5.76. The molecular weight excluding hydrogens is 414 g/mol. The first-order valence-electron chi connectivity index (χ1n) is 11.3. The first kappa shape index (κ1) is 20.8. The number of amides is 1. The largest absolute Gasteiger partial charge is 0.491 e. The van der Waals surface area contributed by atoms with Crippen molar-refractivity contribution in [2.45, 2.75) is 57.3 Å². The molecule has 3 aromatic rings. The number of aromatic nitrogens is 3. The van der Waals surface area contributed by atoms with Crippen molar-refractivity contribution < 1.29 is 18.3 Å². The van der Waals surface area contributed by atoms with Gasteiger partial charge in [0.05, 0.1) is 12.3 Å². The lowest BCUT2D eigenvalue weighted by molar-refractivity contribution is 0.101. The fourth-order valence-corrected chi connectivity index (χ4v) is 4.22. The Labute approximate surface area is 185 Å². The molecule has 0 atom stereocenters. The first-order valence-corrected chi connectivity index (χ1v) is 11.3. The van der Waals surface area contributed by atoms with Crippen LogP contribution in [0.1, 0.15) is 79.2 Å². The second kappa shape index (κ2) is 8.84. The van der Waals surface area contributed by atoms with E-state index < -0.39 is 18.0 Å². The molecule has 168 valence electrons. The summed E-state index contributed by atoms with van der Waals surface area (Å²) in [5.41, 5.74) is 1.81. The minimum absolute atomic E-state index is 0.0652. The van der Waals surface area contributed by atoms with Gasteiger partial charge in [0.25, 0.3) is 12.3 Å². The standard InChI is InChI=1S/C24H26F2N4O2/c25-23(26)17-7-4-8-18(27-17)24(31)29-20-13-30-12-19(16-5-2-1-3-6-16)28-22(30)11-21(20)32-14-15-9-10-15/h4,7-8,11-13,15-16,23H,1-3,5-6,9-10,14H2,(H,29,31). The number of hydrogen-bond donors (Lipinski definition) is 1. The summed E-state index contributed by atoms with van der Waals surface area (Å²) in [5.74, 6) is 0.967. The molecule has 6 nitrogen and oxygen atoms in total. The lowest BCUT2D eigenvalue weighted by Crippen LogP contribution is -2.16. The highest BCUT2D eigenvalue weighted by atomic mass is 19.3. The van der Waals surface area contributed by atoms with Crippen LogP contribution in [0.3, 0.4) is 0 Å². The van der Waals surface area contributed by atoms with Crippen LogP contribution in [-0.4, -0.2) is 26.9 Å². The van der Waals surface area contributed by atoms with Crippen molar-refractivity contribution in [3.63, 3.8) is 0 Å². The van der Waals surface area contributed by atoms with E-state index in [-0.39, 0.29) is 5.69 Å². The Hall–Kier alpha value is -3.03. The van der Waals surface area contributed by atoms with Crippen molar-refractivity contribution in [3.8, 4) is 5.75 Å². The van der Waals surface area contributed by atoms with E-state index in [4.69, 9.17) is 9.72 Å². The molecule has 2 aliphatic rings. The quantitative estimate of drug-likeness (QED) is 0.508. The second-order valence-corrected chi connectivity index (χ2v) is 8.77. The van der Waals surface area contributed by atoms with E-state index in [9.17, 15) is 13.6 Å². The number of fused-ring (bicyclic) bond motifs is 1. The average Bonchev–Trinajstić information content (AvgIpc) is 3.55. The highest BCUT2D eigenvalue weighted by molar-refractivity contribution is 6.03. The Bertz CT molecular complexity index is 1120. The number of pyridine rings is 2. The third-order valence-electron chi connectivity index (χ3n) is 6.24. The lowest BCUT2D eigenvalue weighted by Gasteiger charge is -2.19. The van der Waals surface area contributed by atoms with E-state index in [0.29, 0.717) is 29.9 Å². The maximum Gasteiger partial charge on any atom is 0.280 e. The van der Waals surface area contributed by atoms with E-state index in [0.717, 1.165) is 37.0 Å². The number of anilines is 1. The number of alkyl halides is 2. The molecule has 0 aliphatic heterocycles. The monoisotopic (exact) mass is 440 g/mol. The van der Waals surface area contributed by atoms with Crippen LogP contribution in [0.5, 0.6) is 5.75 Å². The van der Waals surface area contributed by atoms with Crippen molar-refractivity contribution in [2.24, 2.45) is 5.92 Å². The molecule has 0 radical (unpaired) electrons. The summed E-state index contributed by atoms with van der Waals surface area (Å²) in [7, 11) is 0. The minimum Gasteiger partial charge on any atom is -0.491 e. The zero-order valence-corrected chi connectivity index (χ0v) is 17.8. The SMILES string of the molecule is O=C(Nc1cn2cc(C3CCCCC3)nc2cc1OCC1CC1)c1cccc(C(F)F)n1. The third kappa shape index (κ3) is 4.59. The topological polar surface area (TPSA) is 68.5 Å². The molecule has 0 aromatic carbocycles. The third-order valence-corrected chi connectivity index (χ3v) is 6.24. The molecule has 0 bridgehead atoms. The van der Waals surface area contributed by atoms with Gasteiger partial charge in [0.15, 0.2) is 0 Å². The lowest BCUT2D eigenvalue weighted by atomic mass is 9.87. The number of halogens is 2. The fourth-order valence-electron chi connectivity index (χ4n) is 4.22. The predicted octanol–water partition coefficient (Wildman–Crippen LogP) is 5.76. The molecule has 0 unspecified atom stereocenters. The molecule has 5 rings (SSSR count). The van der Waals surface area contributed by atoms with Gasteiger partial charge < -0.3 is 14.5 Å². The van der Waals surface area contributed by atoms with E-state index >= 15 is 0 Å². The molecule has 1 N–H and O–H groups in total. The van der Waals surface area contributed by atoms with Gasteiger partial charge in [-0.05, 0) is 43.7 Å². The van der Waals surface area contributed by atoms with Gasteiger partial charge in [-0.2, -0.15) is 0 Å². The predicted molar refractivity (Wildman–Crippen MR) is 116 cm³/mol. The number of rotatable bonds is 7. The highest BCUT2D eigenvalue weighted by Gasteiger charge is 2.24. The van der Waals surface area contributed by atoms with Crippen molar-refractivity contribution >= 4 is 17.2 Å². The van der Waals surface area contributed by atoms with Gasteiger partial charge in [0.1, 0.15) is 28.5 Å². The molecule has 32 heavy (non-hydrogen) atoms. The van der Waals surface area contributed by atoms with Gasteiger partial charge in [-0.15, -0.1) is 0 Å². The van der Waals surface area contributed by atoms with Crippen molar-refractivity contribution in [1.82, 2.24) is 14.4 Å². The van der Waals surface area contributed by atoms with E-state index in [1.165, 1.54) is 37.5 Å². The van der Waals surface area contributed by atoms with Gasteiger partial charge in [0, 0.05) is 24.4 Å². The zero-order valence-electron chi connectivity index (χ0n) is 17.8. The average molecular weight is 440 g/mol. The van der Waals surface area contributed by atoms with Gasteiger partial charge >= 0.3 is 0 Å². The number of imidazole rings is 1. The first-order chi connectivity index (χ1) is 15.6. The Morgan fingerprint density at radius 2 is 1.94 bits per heavy atom. The number of ether oxygens (including phenoxy) is 1. The maximum atomic E-state index is 13.0. The van der Waals surface area contributed by atoms with Crippen molar-refractivity contribution in [3.05, 3.63) is 53.7 Å². The summed E-state index contributed by atoms with van der Waals surface area (Å²) in [6, 6.07) is 5.87. The summed E-state index contributed by atoms with van der Waals surface area (Å²) < 4.78 is 33.9. The summed E-state index contributed by atoms with van der Waals surface area (Å²) in [5, 5.41) is 2.80. The summed E-state index contributed by atoms with van der Waals surface area (Å²) in [6.07, 6.45) is 9.36. The van der Waals surface area contributed by atoms with Gasteiger partial charge in [-0.25, -0.2) is 18.7 Å². The smallest absolute Gasteiger partial charge is 0.280 e. The number of nitrogens with zero attached hydrogens (tertiary/aromatic N) is 3. The molecule has 2 aliphatic carbocycles. The van der Waals surface area contributed by atoms with Crippen LogP contribution in [0.25, 0.3) is 5.65 Å². The number of carbonyl (C=O) groups is 1. The molecule has 0 saturated heterocycles. The van der Waals surface area contributed by atoms with Gasteiger partial charge in [-0.1, -0.05) is 25.3 Å². The van der Waals surface area contributed by atoms with Crippen molar-refractivity contribution in [1.29, 1.82) is 0 Å². The summed E-state index contributed by atoms with van der Waals surface area (Å²) >= 11 is 0. The van der Waals surface area contributed by atoms with Crippen LogP contribution in [0.2, 0.25) is 0 Å². The molecule has 2 fully saturated rings. The van der Waals surface area contributed by atoms with Crippen LogP contribution >= 0.6 is 0 Å². The molecule has 3 aromatic heterocycles. The summed E-state index contributed by atoms with van der Waals surface area (Å²) in [4.78, 5) is 21.4. The van der Waals surface area contributed by atoms with Crippen LogP contribution in [0.4, 0.5) is 14.5 Å². The van der Waals surface area contributed by atoms with Crippen LogP contribution in [0, 0.1) is 5.92 Å². The van der Waals surface area contributed by atoms with Gasteiger partial charge in [0.2, 0.25) is 0 Å². The van der Waals surface area contributed by atoms with Crippen LogP contribution in [0.15, 0.2) is 36.7 Å². The van der Waals surface area contributed by atoms with E-state index in [1.54, 1.807) is 6.20 Å². The molecule has 1 amide bonds. The fraction of sp³-hybridized carbons (Fsp3) is 0.458. The normalized spacial score (nSPS) is 17.1.